The molecule has 96 valence electrons. The molecule has 18 heavy (non-hydrogen) atoms. The second-order valence-electron chi connectivity index (χ2n) is 4.28. The van der Waals surface area contributed by atoms with Crippen LogP contribution in [0, 0.1) is 12.3 Å². The maximum absolute atomic E-state index is 11.9. The summed E-state index contributed by atoms with van der Waals surface area (Å²) in [5.74, 6) is 2.22. The number of carbonyl (C=O) groups excluding carboxylic acids is 1. The van der Waals surface area contributed by atoms with Crippen LogP contribution in [0.3, 0.4) is 0 Å². The van der Waals surface area contributed by atoms with Crippen LogP contribution in [0.5, 0.6) is 0 Å². The minimum absolute atomic E-state index is 0.00697. The Morgan fingerprint density at radius 1 is 1.44 bits per heavy atom. The first-order chi connectivity index (χ1) is 8.69. The summed E-state index contributed by atoms with van der Waals surface area (Å²) in [6, 6.07) is 9.28. The van der Waals surface area contributed by atoms with Crippen molar-refractivity contribution in [2.45, 2.75) is 38.3 Å². The first-order valence-electron chi connectivity index (χ1n) is 6.23. The van der Waals surface area contributed by atoms with Gasteiger partial charge < -0.3 is 11.1 Å². The van der Waals surface area contributed by atoms with E-state index >= 15 is 0 Å². The molecular weight excluding hydrogens is 224 g/mol. The standard InChI is InChI=1S/C15H20N2O/c1-3-8-13(16)15(18)17-14(9-4-2)12-10-6-5-7-11-12/h1,5-7,10-11,13-14H,4,8-9,16H2,2H3,(H,17,18). The molecule has 0 bridgehead atoms. The molecule has 0 spiro atoms. The number of amides is 1. The Hall–Kier alpha value is -1.79. The van der Waals surface area contributed by atoms with E-state index in [0.29, 0.717) is 0 Å². The third kappa shape index (κ3) is 4.23. The maximum atomic E-state index is 11.9. The minimum atomic E-state index is -0.627. The van der Waals surface area contributed by atoms with Gasteiger partial charge in [-0.25, -0.2) is 0 Å². The van der Waals surface area contributed by atoms with Gasteiger partial charge in [0.1, 0.15) is 0 Å². The molecule has 0 radical (unpaired) electrons. The molecule has 2 unspecified atom stereocenters. The highest BCUT2D eigenvalue weighted by Gasteiger charge is 2.17. The van der Waals surface area contributed by atoms with E-state index in [1.165, 1.54) is 0 Å². The monoisotopic (exact) mass is 244 g/mol. The van der Waals surface area contributed by atoms with Gasteiger partial charge >= 0.3 is 0 Å². The summed E-state index contributed by atoms with van der Waals surface area (Å²) >= 11 is 0. The third-order valence-corrected chi connectivity index (χ3v) is 2.77. The number of hydrogen-bond acceptors (Lipinski definition) is 2. The van der Waals surface area contributed by atoms with Crippen molar-refractivity contribution in [2.24, 2.45) is 5.73 Å². The van der Waals surface area contributed by atoms with Crippen molar-refractivity contribution >= 4 is 5.91 Å². The molecule has 1 rings (SSSR count). The van der Waals surface area contributed by atoms with Crippen molar-refractivity contribution in [2.75, 3.05) is 0 Å². The van der Waals surface area contributed by atoms with E-state index in [2.05, 4.69) is 18.2 Å². The van der Waals surface area contributed by atoms with E-state index in [9.17, 15) is 4.79 Å². The highest BCUT2D eigenvalue weighted by atomic mass is 16.2. The molecule has 1 aromatic carbocycles. The summed E-state index contributed by atoms with van der Waals surface area (Å²) in [5.41, 5.74) is 6.79. The SMILES string of the molecule is C#CCC(N)C(=O)NC(CCC)c1ccccc1. The molecule has 0 fully saturated rings. The van der Waals surface area contributed by atoms with Gasteiger partial charge in [-0.15, -0.1) is 12.3 Å². The molecule has 1 amide bonds. The topological polar surface area (TPSA) is 55.1 Å². The lowest BCUT2D eigenvalue weighted by atomic mass is 10.0. The van der Waals surface area contributed by atoms with E-state index in [1.807, 2.05) is 30.3 Å². The second-order valence-corrected chi connectivity index (χ2v) is 4.28. The Labute approximate surface area is 109 Å². The second kappa shape index (κ2) is 7.52. The lowest BCUT2D eigenvalue weighted by molar-refractivity contribution is -0.123. The van der Waals surface area contributed by atoms with Crippen molar-refractivity contribution in [3.05, 3.63) is 35.9 Å². The Kier molecular flexibility index (Phi) is 5.96. The lowest BCUT2D eigenvalue weighted by Crippen LogP contribution is -2.42. The molecule has 0 aromatic heterocycles. The first-order valence-corrected chi connectivity index (χ1v) is 6.23. The van der Waals surface area contributed by atoms with Gasteiger partial charge in [0.05, 0.1) is 12.1 Å². The molecule has 0 heterocycles. The predicted octanol–water partition coefficient (Wildman–Crippen LogP) is 1.99. The Bertz CT molecular complexity index is 408. The molecule has 0 aliphatic rings. The number of nitrogens with two attached hydrogens (primary N) is 1. The van der Waals surface area contributed by atoms with Gasteiger partial charge in [0.15, 0.2) is 0 Å². The summed E-state index contributed by atoms with van der Waals surface area (Å²) in [4.78, 5) is 11.9. The van der Waals surface area contributed by atoms with Crippen LogP contribution in [0.1, 0.15) is 37.8 Å². The maximum Gasteiger partial charge on any atom is 0.238 e. The molecule has 3 nitrogen and oxygen atoms in total. The van der Waals surface area contributed by atoms with Gasteiger partial charge in [-0.3, -0.25) is 4.79 Å². The van der Waals surface area contributed by atoms with Gasteiger partial charge in [0.2, 0.25) is 5.91 Å². The molecule has 0 saturated carbocycles. The molecule has 3 N–H and O–H groups in total. The van der Waals surface area contributed by atoms with Gasteiger partial charge in [0, 0.05) is 6.42 Å². The van der Waals surface area contributed by atoms with Crippen LogP contribution in [0.15, 0.2) is 30.3 Å². The number of carbonyl (C=O) groups is 1. The van der Waals surface area contributed by atoms with Crippen LogP contribution < -0.4 is 11.1 Å². The van der Waals surface area contributed by atoms with Crippen LogP contribution in [0.25, 0.3) is 0 Å². The predicted molar refractivity (Wildman–Crippen MR) is 73.7 cm³/mol. The third-order valence-electron chi connectivity index (χ3n) is 2.77. The lowest BCUT2D eigenvalue weighted by Gasteiger charge is -2.20. The molecule has 0 aliphatic carbocycles. The van der Waals surface area contributed by atoms with Gasteiger partial charge in [0.25, 0.3) is 0 Å². The van der Waals surface area contributed by atoms with Crippen molar-refractivity contribution in [3.63, 3.8) is 0 Å². The summed E-state index contributed by atoms with van der Waals surface area (Å²) < 4.78 is 0. The largest absolute Gasteiger partial charge is 0.348 e. The zero-order valence-electron chi connectivity index (χ0n) is 10.7. The van der Waals surface area contributed by atoms with Crippen molar-refractivity contribution < 1.29 is 4.79 Å². The normalized spacial score (nSPS) is 13.4. The van der Waals surface area contributed by atoms with Crippen LogP contribution >= 0.6 is 0 Å². The zero-order chi connectivity index (χ0) is 13.4. The van der Waals surface area contributed by atoms with Crippen LogP contribution in [0.2, 0.25) is 0 Å². The van der Waals surface area contributed by atoms with Gasteiger partial charge in [-0.05, 0) is 12.0 Å². The minimum Gasteiger partial charge on any atom is -0.348 e. The van der Waals surface area contributed by atoms with Gasteiger partial charge in [-0.1, -0.05) is 43.7 Å². The molecule has 3 heteroatoms. The Morgan fingerprint density at radius 2 is 2.11 bits per heavy atom. The Balaban J connectivity index is 2.70. The summed E-state index contributed by atoms with van der Waals surface area (Å²) in [7, 11) is 0. The molecule has 2 atom stereocenters. The fourth-order valence-corrected chi connectivity index (χ4v) is 1.79. The first kappa shape index (κ1) is 14.3. The summed E-state index contributed by atoms with van der Waals surface area (Å²) in [5, 5.41) is 2.96. The van der Waals surface area contributed by atoms with E-state index < -0.39 is 6.04 Å². The quantitative estimate of drug-likeness (QED) is 0.752. The summed E-state index contributed by atoms with van der Waals surface area (Å²) in [6.07, 6.45) is 7.30. The number of nitrogens with one attached hydrogen (secondary N) is 1. The molecule has 1 aromatic rings. The fourth-order valence-electron chi connectivity index (χ4n) is 1.79. The van der Waals surface area contributed by atoms with Crippen LogP contribution in [0.4, 0.5) is 0 Å². The average Bonchev–Trinajstić information content (AvgIpc) is 2.39. The van der Waals surface area contributed by atoms with E-state index in [0.717, 1.165) is 18.4 Å². The number of terminal acetylenes is 1. The highest BCUT2D eigenvalue weighted by molar-refractivity contribution is 5.82. The van der Waals surface area contributed by atoms with Crippen LogP contribution in [-0.4, -0.2) is 11.9 Å². The zero-order valence-corrected chi connectivity index (χ0v) is 10.7. The van der Waals surface area contributed by atoms with Gasteiger partial charge in [-0.2, -0.15) is 0 Å². The molecule has 0 aliphatic heterocycles. The number of benzene rings is 1. The molecular formula is C15H20N2O. The Morgan fingerprint density at radius 3 is 2.67 bits per heavy atom. The van der Waals surface area contributed by atoms with E-state index in [1.54, 1.807) is 0 Å². The number of hydrogen-bond donors (Lipinski definition) is 2. The van der Waals surface area contributed by atoms with Crippen LogP contribution in [-0.2, 0) is 4.79 Å². The molecule has 0 saturated heterocycles. The van der Waals surface area contributed by atoms with Crippen molar-refractivity contribution in [3.8, 4) is 12.3 Å². The summed E-state index contributed by atoms with van der Waals surface area (Å²) in [6.45, 7) is 2.09. The van der Waals surface area contributed by atoms with E-state index in [4.69, 9.17) is 12.2 Å². The highest BCUT2D eigenvalue weighted by Crippen LogP contribution is 2.18. The number of rotatable bonds is 6. The van der Waals surface area contributed by atoms with Crippen molar-refractivity contribution in [1.82, 2.24) is 5.32 Å². The van der Waals surface area contributed by atoms with Crippen molar-refractivity contribution in [1.29, 1.82) is 0 Å². The fraction of sp³-hybridized carbons (Fsp3) is 0.400. The average molecular weight is 244 g/mol. The van der Waals surface area contributed by atoms with E-state index in [-0.39, 0.29) is 18.4 Å². The smallest absolute Gasteiger partial charge is 0.238 e.